The number of nitrogens with two attached hydrogens (primary N) is 1. The second kappa shape index (κ2) is 7.26. The second-order valence-corrected chi connectivity index (χ2v) is 4.80. The topological polar surface area (TPSA) is 84.2 Å². The molecule has 1 heterocycles. The summed E-state index contributed by atoms with van der Waals surface area (Å²) in [7, 11) is 0. The normalized spacial score (nSPS) is 14.6. The predicted molar refractivity (Wildman–Crippen MR) is 82.2 cm³/mol. The fourth-order valence-electron chi connectivity index (χ4n) is 2.14. The molecule has 0 aliphatic carbocycles. The van der Waals surface area contributed by atoms with Crippen LogP contribution in [0.25, 0.3) is 0 Å². The molecule has 0 radical (unpaired) electrons. The van der Waals surface area contributed by atoms with Crippen LogP contribution in [0.5, 0.6) is 0 Å². The van der Waals surface area contributed by atoms with Crippen molar-refractivity contribution in [2.24, 2.45) is 5.73 Å². The first-order valence-corrected chi connectivity index (χ1v) is 6.59. The van der Waals surface area contributed by atoms with Gasteiger partial charge in [0.15, 0.2) is 0 Å². The lowest BCUT2D eigenvalue weighted by atomic mass is 10.0. The summed E-state index contributed by atoms with van der Waals surface area (Å²) in [5, 5.41) is 5.62. The number of hydrogen-bond donors (Lipinski definition) is 3. The molecular weight excluding hydrogens is 278 g/mol. The number of fused-ring (bicyclic) bond motifs is 1. The Morgan fingerprint density at radius 2 is 2.20 bits per heavy atom. The van der Waals surface area contributed by atoms with Crippen molar-refractivity contribution in [2.45, 2.75) is 38.6 Å². The first-order valence-electron chi connectivity index (χ1n) is 6.59. The number of carbonyl (C=O) groups excluding carboxylic acids is 2. The number of benzene rings is 1. The number of hydrogen-bond acceptors (Lipinski definition) is 3. The van der Waals surface area contributed by atoms with Crippen molar-refractivity contribution in [3.63, 3.8) is 0 Å². The van der Waals surface area contributed by atoms with Gasteiger partial charge in [-0.25, -0.2) is 0 Å². The molecule has 2 amide bonds. The van der Waals surface area contributed by atoms with Crippen molar-refractivity contribution >= 4 is 35.6 Å². The summed E-state index contributed by atoms with van der Waals surface area (Å²) in [6.45, 7) is 1.99. The first kappa shape index (κ1) is 16.5. The maximum Gasteiger partial charge on any atom is 0.241 e. The number of halogens is 1. The van der Waals surface area contributed by atoms with Gasteiger partial charge in [0.05, 0.1) is 6.04 Å². The van der Waals surface area contributed by atoms with Crippen LogP contribution >= 0.6 is 12.4 Å². The van der Waals surface area contributed by atoms with Gasteiger partial charge in [0.2, 0.25) is 11.8 Å². The predicted octanol–water partition coefficient (Wildman–Crippen LogP) is 2.06. The lowest BCUT2D eigenvalue weighted by molar-refractivity contribution is -0.118. The van der Waals surface area contributed by atoms with Crippen LogP contribution in [0.4, 0.5) is 11.4 Å². The highest BCUT2D eigenvalue weighted by Crippen LogP contribution is 2.25. The number of anilines is 2. The minimum Gasteiger partial charge on any atom is -0.326 e. The fourth-order valence-corrected chi connectivity index (χ4v) is 2.14. The van der Waals surface area contributed by atoms with Crippen LogP contribution in [-0.4, -0.2) is 17.9 Å². The third-order valence-corrected chi connectivity index (χ3v) is 3.20. The van der Waals surface area contributed by atoms with E-state index in [1.807, 2.05) is 19.1 Å². The highest BCUT2D eigenvalue weighted by atomic mass is 35.5. The minimum absolute atomic E-state index is 0. The van der Waals surface area contributed by atoms with Crippen molar-refractivity contribution in [1.29, 1.82) is 0 Å². The Labute approximate surface area is 124 Å². The van der Waals surface area contributed by atoms with Crippen LogP contribution in [0.2, 0.25) is 0 Å². The van der Waals surface area contributed by atoms with Gasteiger partial charge in [-0.3, -0.25) is 9.59 Å². The van der Waals surface area contributed by atoms with Gasteiger partial charge in [0, 0.05) is 17.8 Å². The van der Waals surface area contributed by atoms with Crippen molar-refractivity contribution in [1.82, 2.24) is 0 Å². The summed E-state index contributed by atoms with van der Waals surface area (Å²) < 4.78 is 0. The average molecular weight is 298 g/mol. The van der Waals surface area contributed by atoms with Crippen LogP contribution < -0.4 is 16.4 Å². The maximum atomic E-state index is 11.8. The van der Waals surface area contributed by atoms with Crippen molar-refractivity contribution in [2.75, 3.05) is 10.6 Å². The highest BCUT2D eigenvalue weighted by Gasteiger charge is 2.16. The van der Waals surface area contributed by atoms with E-state index in [0.29, 0.717) is 19.3 Å². The molecule has 1 aliphatic heterocycles. The molecule has 6 heteroatoms. The molecule has 0 bridgehead atoms. The Morgan fingerprint density at radius 3 is 2.90 bits per heavy atom. The highest BCUT2D eigenvalue weighted by molar-refractivity contribution is 5.97. The van der Waals surface area contributed by atoms with Crippen LogP contribution in [0.15, 0.2) is 18.2 Å². The molecular formula is C14H20ClN3O2. The Morgan fingerprint density at radius 1 is 1.45 bits per heavy atom. The summed E-state index contributed by atoms with van der Waals surface area (Å²) in [5.74, 6) is -0.129. The van der Waals surface area contributed by atoms with Crippen molar-refractivity contribution in [3.8, 4) is 0 Å². The van der Waals surface area contributed by atoms with Crippen LogP contribution in [0.1, 0.15) is 31.7 Å². The Hall–Kier alpha value is -1.59. The largest absolute Gasteiger partial charge is 0.326 e. The first-order chi connectivity index (χ1) is 9.10. The lowest BCUT2D eigenvalue weighted by Crippen LogP contribution is -2.35. The maximum absolute atomic E-state index is 11.8. The van der Waals surface area contributed by atoms with Crippen molar-refractivity contribution in [3.05, 3.63) is 23.8 Å². The molecule has 1 atom stereocenters. The number of aryl methyl sites for hydroxylation is 1. The summed E-state index contributed by atoms with van der Waals surface area (Å²) in [6.07, 6.45) is 2.74. The Balaban J connectivity index is 0.00000200. The zero-order chi connectivity index (χ0) is 13.8. The SMILES string of the molecule is CCCC(N)C(=O)Nc1ccc2c(c1)CCC(=O)N2.Cl. The molecule has 110 valence electrons. The molecule has 0 spiro atoms. The molecule has 4 N–H and O–H groups in total. The standard InChI is InChI=1S/C14H19N3O2.ClH/c1-2-3-11(15)14(19)16-10-5-6-12-9(8-10)4-7-13(18)17-12;/h5-6,8,11H,2-4,7,15H2,1H3,(H,16,19)(H,17,18);1H. The zero-order valence-corrected chi connectivity index (χ0v) is 12.3. The molecule has 20 heavy (non-hydrogen) atoms. The Kier molecular flexibility index (Phi) is 5.98. The zero-order valence-electron chi connectivity index (χ0n) is 11.4. The molecule has 0 saturated carbocycles. The summed E-state index contributed by atoms with van der Waals surface area (Å²) in [6, 6.07) is 5.01. The lowest BCUT2D eigenvalue weighted by Gasteiger charge is -2.18. The van der Waals surface area contributed by atoms with Gasteiger partial charge in [-0.15, -0.1) is 12.4 Å². The van der Waals surface area contributed by atoms with E-state index in [9.17, 15) is 9.59 Å². The molecule has 1 aromatic rings. The third-order valence-electron chi connectivity index (χ3n) is 3.20. The van der Waals surface area contributed by atoms with Gasteiger partial charge in [-0.05, 0) is 36.6 Å². The summed E-state index contributed by atoms with van der Waals surface area (Å²) in [5.41, 5.74) is 8.36. The van der Waals surface area contributed by atoms with Gasteiger partial charge >= 0.3 is 0 Å². The Bertz CT molecular complexity index is 505. The number of carbonyl (C=O) groups is 2. The minimum atomic E-state index is -0.472. The van der Waals surface area contributed by atoms with E-state index in [4.69, 9.17) is 5.73 Å². The van der Waals surface area contributed by atoms with Gasteiger partial charge in [0.25, 0.3) is 0 Å². The molecule has 2 rings (SSSR count). The van der Waals surface area contributed by atoms with Crippen LogP contribution in [0.3, 0.4) is 0 Å². The second-order valence-electron chi connectivity index (χ2n) is 4.80. The monoisotopic (exact) mass is 297 g/mol. The molecule has 0 saturated heterocycles. The van der Waals surface area contributed by atoms with Crippen molar-refractivity contribution < 1.29 is 9.59 Å². The molecule has 1 aromatic carbocycles. The number of nitrogens with one attached hydrogen (secondary N) is 2. The van der Waals surface area contributed by atoms with Gasteiger partial charge in [-0.1, -0.05) is 13.3 Å². The summed E-state index contributed by atoms with van der Waals surface area (Å²) in [4.78, 5) is 23.1. The summed E-state index contributed by atoms with van der Waals surface area (Å²) >= 11 is 0. The number of rotatable bonds is 4. The van der Waals surface area contributed by atoms with Crippen LogP contribution in [-0.2, 0) is 16.0 Å². The van der Waals surface area contributed by atoms with E-state index in [1.165, 1.54) is 0 Å². The fraction of sp³-hybridized carbons (Fsp3) is 0.429. The molecule has 0 aromatic heterocycles. The van der Waals surface area contributed by atoms with Crippen LogP contribution in [0, 0.1) is 0 Å². The van der Waals surface area contributed by atoms with Gasteiger partial charge in [-0.2, -0.15) is 0 Å². The molecule has 5 nitrogen and oxygen atoms in total. The quantitative estimate of drug-likeness (QED) is 0.795. The smallest absolute Gasteiger partial charge is 0.241 e. The third kappa shape index (κ3) is 3.95. The van der Waals surface area contributed by atoms with E-state index in [1.54, 1.807) is 6.07 Å². The molecule has 1 unspecified atom stereocenters. The molecule has 0 fully saturated rings. The van der Waals surface area contributed by atoms with E-state index in [-0.39, 0.29) is 24.2 Å². The van der Waals surface area contributed by atoms with E-state index < -0.39 is 6.04 Å². The average Bonchev–Trinajstić information content (AvgIpc) is 2.39. The van der Waals surface area contributed by atoms with E-state index in [0.717, 1.165) is 23.4 Å². The van der Waals surface area contributed by atoms with Gasteiger partial charge < -0.3 is 16.4 Å². The van der Waals surface area contributed by atoms with E-state index >= 15 is 0 Å². The van der Waals surface area contributed by atoms with E-state index in [2.05, 4.69) is 10.6 Å². The molecule has 1 aliphatic rings. The van der Waals surface area contributed by atoms with Gasteiger partial charge in [0.1, 0.15) is 0 Å². The number of amides is 2.